The number of carbonyl (C=O) groups excluding carboxylic acids is 1. The zero-order valence-electron chi connectivity index (χ0n) is 17.6. The number of nitrogens with one attached hydrogen (secondary N) is 1. The van der Waals surface area contributed by atoms with Gasteiger partial charge < -0.3 is 10.1 Å². The summed E-state index contributed by atoms with van der Waals surface area (Å²) in [5.74, 6) is -0.181. The molecule has 0 unspecified atom stereocenters. The largest absolute Gasteiger partial charge is 0.376 e. The number of para-hydroxylation sites is 1. The number of aryl methyl sites for hydroxylation is 1. The molecule has 1 fully saturated rings. The van der Waals surface area contributed by atoms with Crippen LogP contribution in [0.1, 0.15) is 43.9 Å². The van der Waals surface area contributed by atoms with E-state index in [4.69, 9.17) is 4.74 Å². The van der Waals surface area contributed by atoms with Crippen molar-refractivity contribution >= 4 is 16.8 Å². The van der Waals surface area contributed by atoms with E-state index in [0.717, 1.165) is 36.4 Å². The minimum absolute atomic E-state index is 0.0508. The van der Waals surface area contributed by atoms with E-state index in [-0.39, 0.29) is 30.0 Å². The van der Waals surface area contributed by atoms with Crippen LogP contribution >= 0.6 is 0 Å². The summed E-state index contributed by atoms with van der Waals surface area (Å²) in [5.41, 5.74) is 2.69. The third-order valence-electron chi connectivity index (χ3n) is 5.45. The van der Waals surface area contributed by atoms with Crippen LogP contribution in [0.15, 0.2) is 35.3 Å². The van der Waals surface area contributed by atoms with E-state index < -0.39 is 0 Å². The predicted molar refractivity (Wildman–Crippen MR) is 114 cm³/mol. The lowest BCUT2D eigenvalue weighted by molar-refractivity contribution is -0.122. The number of amides is 1. The summed E-state index contributed by atoms with van der Waals surface area (Å²) in [7, 11) is 0. The molecule has 1 N–H and O–H groups in total. The fourth-order valence-electron chi connectivity index (χ4n) is 3.84. The minimum atomic E-state index is -0.331. The molecule has 8 nitrogen and oxygen atoms in total. The van der Waals surface area contributed by atoms with Crippen LogP contribution in [0, 0.1) is 6.92 Å². The second kappa shape index (κ2) is 8.39. The van der Waals surface area contributed by atoms with Gasteiger partial charge >= 0.3 is 0 Å². The molecule has 4 rings (SSSR count). The van der Waals surface area contributed by atoms with E-state index in [1.807, 2.05) is 45.0 Å². The number of fused-ring (bicyclic) bond motifs is 1. The first-order chi connectivity index (χ1) is 14.5. The van der Waals surface area contributed by atoms with Gasteiger partial charge in [-0.05, 0) is 37.3 Å². The maximum atomic E-state index is 13.3. The molecule has 1 aromatic carbocycles. The SMILES string of the molecule is Cc1ccccc1-n1ncc2c(C(C)C)nn(CC(=O)NC[C@@H]3CCCO3)c(=O)c21. The summed E-state index contributed by atoms with van der Waals surface area (Å²) in [6.45, 7) is 7.05. The molecule has 0 saturated carbocycles. The van der Waals surface area contributed by atoms with Crippen LogP contribution in [0.25, 0.3) is 16.6 Å². The molecular formula is C22H27N5O3. The Morgan fingerprint density at radius 1 is 1.33 bits per heavy atom. The van der Waals surface area contributed by atoms with Gasteiger partial charge in [-0.2, -0.15) is 10.2 Å². The number of rotatable bonds is 6. The predicted octanol–water partition coefficient (Wildman–Crippen LogP) is 2.31. The molecule has 30 heavy (non-hydrogen) atoms. The maximum absolute atomic E-state index is 13.3. The first kappa shape index (κ1) is 20.3. The Kier molecular flexibility index (Phi) is 5.67. The monoisotopic (exact) mass is 409 g/mol. The van der Waals surface area contributed by atoms with Crippen molar-refractivity contribution in [2.75, 3.05) is 13.2 Å². The number of aromatic nitrogens is 4. The minimum Gasteiger partial charge on any atom is -0.376 e. The van der Waals surface area contributed by atoms with Crippen molar-refractivity contribution < 1.29 is 9.53 Å². The lowest BCUT2D eigenvalue weighted by Crippen LogP contribution is -2.38. The normalized spacial score (nSPS) is 16.5. The second-order valence-electron chi connectivity index (χ2n) is 8.05. The highest BCUT2D eigenvalue weighted by atomic mass is 16.5. The molecule has 1 aliphatic rings. The average molecular weight is 409 g/mol. The topological polar surface area (TPSA) is 91.0 Å². The van der Waals surface area contributed by atoms with Crippen molar-refractivity contribution in [1.29, 1.82) is 0 Å². The van der Waals surface area contributed by atoms with Crippen LogP contribution < -0.4 is 10.9 Å². The van der Waals surface area contributed by atoms with Gasteiger partial charge in [0.2, 0.25) is 5.91 Å². The smallest absolute Gasteiger partial charge is 0.293 e. The summed E-state index contributed by atoms with van der Waals surface area (Å²) >= 11 is 0. The van der Waals surface area contributed by atoms with Crippen molar-refractivity contribution in [3.63, 3.8) is 0 Å². The molecule has 3 heterocycles. The Balaban J connectivity index is 1.72. The molecule has 1 saturated heterocycles. The average Bonchev–Trinajstić information content (AvgIpc) is 3.39. The van der Waals surface area contributed by atoms with E-state index in [1.54, 1.807) is 10.9 Å². The highest BCUT2D eigenvalue weighted by Gasteiger charge is 2.21. The molecule has 1 aliphatic heterocycles. The molecule has 0 aliphatic carbocycles. The lowest BCUT2D eigenvalue weighted by Gasteiger charge is -2.14. The highest BCUT2D eigenvalue weighted by Crippen LogP contribution is 2.24. The summed E-state index contributed by atoms with van der Waals surface area (Å²) in [5, 5.41) is 12.6. The molecule has 0 bridgehead atoms. The van der Waals surface area contributed by atoms with Gasteiger partial charge in [-0.1, -0.05) is 32.0 Å². The van der Waals surface area contributed by atoms with Crippen molar-refractivity contribution in [3.8, 4) is 5.69 Å². The van der Waals surface area contributed by atoms with Gasteiger partial charge in [-0.15, -0.1) is 0 Å². The standard InChI is InChI=1S/C22H27N5O3/c1-14(2)20-17-12-24-27(18-9-5-4-7-15(18)3)21(17)22(29)26(25-20)13-19(28)23-11-16-8-6-10-30-16/h4-5,7,9,12,14,16H,6,8,10-11,13H2,1-3H3,(H,23,28)/t16-/m0/s1. The first-order valence-electron chi connectivity index (χ1n) is 10.4. The van der Waals surface area contributed by atoms with Gasteiger partial charge in [0.05, 0.1) is 23.7 Å². The Labute approximate surface area is 174 Å². The van der Waals surface area contributed by atoms with E-state index in [2.05, 4.69) is 15.5 Å². The second-order valence-corrected chi connectivity index (χ2v) is 8.05. The lowest BCUT2D eigenvalue weighted by atomic mass is 10.1. The van der Waals surface area contributed by atoms with Crippen molar-refractivity contribution in [2.24, 2.45) is 0 Å². The fraction of sp³-hybridized carbons (Fsp3) is 0.455. The van der Waals surface area contributed by atoms with Gasteiger partial charge in [0, 0.05) is 18.5 Å². The zero-order valence-corrected chi connectivity index (χ0v) is 17.6. The highest BCUT2D eigenvalue weighted by molar-refractivity contribution is 5.83. The molecule has 1 amide bonds. The summed E-state index contributed by atoms with van der Waals surface area (Å²) in [4.78, 5) is 25.8. The maximum Gasteiger partial charge on any atom is 0.293 e. The Morgan fingerprint density at radius 2 is 2.13 bits per heavy atom. The van der Waals surface area contributed by atoms with Crippen molar-refractivity contribution in [1.82, 2.24) is 24.9 Å². The molecule has 1 atom stereocenters. The van der Waals surface area contributed by atoms with E-state index >= 15 is 0 Å². The van der Waals surface area contributed by atoms with E-state index in [9.17, 15) is 9.59 Å². The van der Waals surface area contributed by atoms with Crippen LogP contribution in [-0.2, 0) is 16.1 Å². The van der Waals surface area contributed by atoms with Crippen molar-refractivity contribution in [3.05, 3.63) is 52.1 Å². The molecule has 2 aromatic heterocycles. The van der Waals surface area contributed by atoms with Crippen LogP contribution in [0.4, 0.5) is 0 Å². The van der Waals surface area contributed by atoms with Crippen LogP contribution in [-0.4, -0.2) is 44.7 Å². The molecule has 0 spiro atoms. The van der Waals surface area contributed by atoms with Gasteiger partial charge in [0.25, 0.3) is 5.56 Å². The molecule has 3 aromatic rings. The van der Waals surface area contributed by atoms with Gasteiger partial charge in [-0.3, -0.25) is 9.59 Å². The van der Waals surface area contributed by atoms with Crippen LogP contribution in [0.5, 0.6) is 0 Å². The molecule has 8 heteroatoms. The number of benzene rings is 1. The summed E-state index contributed by atoms with van der Waals surface area (Å²) in [6.07, 6.45) is 3.69. The Bertz CT molecular complexity index is 1130. The third kappa shape index (κ3) is 3.87. The number of hydrogen-bond acceptors (Lipinski definition) is 5. The number of ether oxygens (including phenoxy) is 1. The first-order valence-corrected chi connectivity index (χ1v) is 10.4. The molecule has 0 radical (unpaired) electrons. The number of hydrogen-bond donors (Lipinski definition) is 1. The van der Waals surface area contributed by atoms with Crippen LogP contribution in [0.3, 0.4) is 0 Å². The fourth-order valence-corrected chi connectivity index (χ4v) is 3.84. The Morgan fingerprint density at radius 3 is 2.83 bits per heavy atom. The quantitative estimate of drug-likeness (QED) is 0.675. The Hall–Kier alpha value is -3.00. The number of nitrogens with zero attached hydrogens (tertiary/aromatic N) is 4. The summed E-state index contributed by atoms with van der Waals surface area (Å²) in [6, 6.07) is 7.76. The summed E-state index contributed by atoms with van der Waals surface area (Å²) < 4.78 is 8.44. The van der Waals surface area contributed by atoms with Gasteiger partial charge in [0.15, 0.2) is 0 Å². The number of carbonyl (C=O) groups is 1. The van der Waals surface area contributed by atoms with E-state index in [1.165, 1.54) is 4.68 Å². The molecular weight excluding hydrogens is 382 g/mol. The van der Waals surface area contributed by atoms with Gasteiger partial charge in [0.1, 0.15) is 12.1 Å². The third-order valence-corrected chi connectivity index (χ3v) is 5.45. The van der Waals surface area contributed by atoms with Crippen LogP contribution in [0.2, 0.25) is 0 Å². The zero-order chi connectivity index (χ0) is 21.3. The van der Waals surface area contributed by atoms with Crippen molar-refractivity contribution in [2.45, 2.75) is 52.2 Å². The van der Waals surface area contributed by atoms with Gasteiger partial charge in [-0.25, -0.2) is 9.36 Å². The van der Waals surface area contributed by atoms with E-state index in [0.29, 0.717) is 17.4 Å². The molecule has 158 valence electrons.